The number of hydrogen-bond acceptors (Lipinski definition) is 3. The Morgan fingerprint density at radius 2 is 1.58 bits per heavy atom. The second kappa shape index (κ2) is 6.96. The molecule has 0 aliphatic carbocycles. The third-order valence-electron chi connectivity index (χ3n) is 4.07. The normalized spacial score (nSPS) is 11.2. The summed E-state index contributed by atoms with van der Waals surface area (Å²) in [5.74, 6) is -0.954. The maximum absolute atomic E-state index is 12.3. The van der Waals surface area contributed by atoms with Crippen LogP contribution in [0.4, 0.5) is 5.82 Å². The molecule has 0 unspecified atom stereocenters. The molecule has 0 bridgehead atoms. The molecule has 0 saturated carbocycles. The molecule has 3 rings (SSSR count). The van der Waals surface area contributed by atoms with Gasteiger partial charge >= 0.3 is 0 Å². The molecule has 0 fully saturated rings. The van der Waals surface area contributed by atoms with Crippen LogP contribution in [0.1, 0.15) is 36.7 Å². The second-order valence-electron chi connectivity index (χ2n) is 7.09. The van der Waals surface area contributed by atoms with Crippen molar-refractivity contribution in [3.05, 3.63) is 78.0 Å². The number of para-hydroxylation sites is 1. The van der Waals surface area contributed by atoms with Crippen molar-refractivity contribution >= 4 is 17.5 Å². The first-order valence-corrected chi connectivity index (χ1v) is 8.42. The summed E-state index contributed by atoms with van der Waals surface area (Å²) in [6.07, 6.45) is 1.73. The SMILES string of the molecule is CC(C)(C)c1ccc(C(=O)C(=O)Nc2ccn(-c3ccccc3)n2)cc1. The van der Waals surface area contributed by atoms with E-state index in [1.807, 2.05) is 42.5 Å². The molecule has 3 aromatic rings. The number of rotatable bonds is 4. The van der Waals surface area contributed by atoms with E-state index in [0.29, 0.717) is 11.4 Å². The Bertz CT molecular complexity index is 920. The van der Waals surface area contributed by atoms with E-state index in [1.54, 1.807) is 29.1 Å². The lowest BCUT2D eigenvalue weighted by Gasteiger charge is -2.18. The average molecular weight is 347 g/mol. The topological polar surface area (TPSA) is 64.0 Å². The Hall–Kier alpha value is -3.21. The van der Waals surface area contributed by atoms with E-state index >= 15 is 0 Å². The summed E-state index contributed by atoms with van der Waals surface area (Å²) in [5.41, 5.74) is 2.33. The van der Waals surface area contributed by atoms with E-state index in [4.69, 9.17) is 0 Å². The average Bonchev–Trinajstić information content (AvgIpc) is 3.09. The largest absolute Gasteiger partial charge is 0.302 e. The number of carbonyl (C=O) groups is 2. The van der Waals surface area contributed by atoms with Crippen molar-refractivity contribution in [2.24, 2.45) is 0 Å². The van der Waals surface area contributed by atoms with Gasteiger partial charge in [0.1, 0.15) is 0 Å². The summed E-state index contributed by atoms with van der Waals surface area (Å²) in [6, 6.07) is 18.3. The molecule has 0 radical (unpaired) electrons. The molecule has 0 aliphatic heterocycles. The molecule has 26 heavy (non-hydrogen) atoms. The van der Waals surface area contributed by atoms with Crippen LogP contribution < -0.4 is 5.32 Å². The van der Waals surface area contributed by atoms with Crippen molar-refractivity contribution < 1.29 is 9.59 Å². The molecule has 0 spiro atoms. The van der Waals surface area contributed by atoms with Crippen LogP contribution in [-0.4, -0.2) is 21.5 Å². The molecule has 132 valence electrons. The highest BCUT2D eigenvalue weighted by Gasteiger charge is 2.19. The van der Waals surface area contributed by atoms with Crippen LogP contribution in [0.2, 0.25) is 0 Å². The third-order valence-corrected chi connectivity index (χ3v) is 4.07. The highest BCUT2D eigenvalue weighted by molar-refractivity contribution is 6.46. The number of anilines is 1. The molecule has 0 aliphatic rings. The van der Waals surface area contributed by atoms with Crippen molar-refractivity contribution in [2.45, 2.75) is 26.2 Å². The van der Waals surface area contributed by atoms with E-state index in [0.717, 1.165) is 11.3 Å². The molecular formula is C21H21N3O2. The Labute approximate surface area is 152 Å². The van der Waals surface area contributed by atoms with Gasteiger partial charge in [-0.15, -0.1) is 0 Å². The van der Waals surface area contributed by atoms with Crippen LogP contribution in [0.15, 0.2) is 66.9 Å². The van der Waals surface area contributed by atoms with Gasteiger partial charge in [-0.1, -0.05) is 63.2 Å². The smallest absolute Gasteiger partial charge is 0.297 e. The zero-order valence-corrected chi connectivity index (χ0v) is 15.1. The zero-order chi connectivity index (χ0) is 18.7. The highest BCUT2D eigenvalue weighted by atomic mass is 16.2. The number of ketones is 1. The predicted octanol–water partition coefficient (Wildman–Crippen LogP) is 3.99. The first-order valence-electron chi connectivity index (χ1n) is 8.42. The van der Waals surface area contributed by atoms with Crippen LogP contribution in [-0.2, 0) is 10.2 Å². The van der Waals surface area contributed by atoms with Crippen molar-refractivity contribution in [1.29, 1.82) is 0 Å². The summed E-state index contributed by atoms with van der Waals surface area (Å²) < 4.78 is 1.64. The molecule has 5 nitrogen and oxygen atoms in total. The van der Waals surface area contributed by atoms with Gasteiger partial charge in [0.25, 0.3) is 11.7 Å². The molecule has 1 heterocycles. The van der Waals surface area contributed by atoms with Crippen molar-refractivity contribution in [1.82, 2.24) is 9.78 Å². The molecule has 0 saturated heterocycles. The van der Waals surface area contributed by atoms with E-state index in [2.05, 4.69) is 31.2 Å². The monoisotopic (exact) mass is 347 g/mol. The Kier molecular flexibility index (Phi) is 4.71. The highest BCUT2D eigenvalue weighted by Crippen LogP contribution is 2.22. The first-order chi connectivity index (χ1) is 12.3. The molecule has 5 heteroatoms. The first kappa shape index (κ1) is 17.6. The van der Waals surface area contributed by atoms with Gasteiger partial charge in [-0.25, -0.2) is 4.68 Å². The number of amides is 1. The fourth-order valence-corrected chi connectivity index (χ4v) is 2.54. The van der Waals surface area contributed by atoms with Gasteiger partial charge in [0.15, 0.2) is 5.82 Å². The van der Waals surface area contributed by atoms with Gasteiger partial charge in [0.2, 0.25) is 0 Å². The van der Waals surface area contributed by atoms with Crippen LogP contribution in [0.5, 0.6) is 0 Å². The van der Waals surface area contributed by atoms with Gasteiger partial charge < -0.3 is 5.32 Å². The summed E-state index contributed by atoms with van der Waals surface area (Å²) in [4.78, 5) is 24.6. The zero-order valence-electron chi connectivity index (χ0n) is 15.1. The number of carbonyl (C=O) groups excluding carboxylic acids is 2. The Morgan fingerprint density at radius 1 is 0.923 bits per heavy atom. The maximum Gasteiger partial charge on any atom is 0.297 e. The summed E-state index contributed by atoms with van der Waals surface area (Å²) in [7, 11) is 0. The molecule has 2 aromatic carbocycles. The Balaban J connectivity index is 1.70. The number of Topliss-reactive ketones (excluding diaryl/α,β-unsaturated/α-hetero) is 1. The Morgan fingerprint density at radius 3 is 2.19 bits per heavy atom. The molecule has 1 amide bonds. The number of nitrogens with zero attached hydrogens (tertiary/aromatic N) is 2. The van der Waals surface area contributed by atoms with Gasteiger partial charge in [-0.05, 0) is 23.1 Å². The van der Waals surface area contributed by atoms with Gasteiger partial charge in [-0.3, -0.25) is 9.59 Å². The quantitative estimate of drug-likeness (QED) is 0.573. The fourth-order valence-electron chi connectivity index (χ4n) is 2.54. The lowest BCUT2D eigenvalue weighted by atomic mass is 9.86. The molecule has 0 atom stereocenters. The molecule has 1 aromatic heterocycles. The number of nitrogens with one attached hydrogen (secondary N) is 1. The minimum Gasteiger partial charge on any atom is -0.302 e. The number of aromatic nitrogens is 2. The number of benzene rings is 2. The minimum absolute atomic E-state index is 0.00585. The second-order valence-corrected chi connectivity index (χ2v) is 7.09. The van der Waals surface area contributed by atoms with Crippen molar-refractivity contribution in [3.63, 3.8) is 0 Å². The minimum atomic E-state index is -0.702. The summed E-state index contributed by atoms with van der Waals surface area (Å²) in [6.45, 7) is 6.29. The third kappa shape index (κ3) is 3.88. The van der Waals surface area contributed by atoms with E-state index in [1.165, 1.54) is 0 Å². The van der Waals surface area contributed by atoms with Crippen LogP contribution in [0, 0.1) is 0 Å². The fraction of sp³-hybridized carbons (Fsp3) is 0.190. The molecular weight excluding hydrogens is 326 g/mol. The number of hydrogen-bond donors (Lipinski definition) is 1. The van der Waals surface area contributed by atoms with Crippen LogP contribution in [0.3, 0.4) is 0 Å². The van der Waals surface area contributed by atoms with Crippen LogP contribution in [0.25, 0.3) is 5.69 Å². The van der Waals surface area contributed by atoms with E-state index < -0.39 is 11.7 Å². The molecule has 1 N–H and O–H groups in total. The van der Waals surface area contributed by atoms with Crippen LogP contribution >= 0.6 is 0 Å². The van der Waals surface area contributed by atoms with E-state index in [9.17, 15) is 9.59 Å². The lowest BCUT2D eigenvalue weighted by molar-refractivity contribution is -0.112. The van der Waals surface area contributed by atoms with Crippen molar-refractivity contribution in [2.75, 3.05) is 5.32 Å². The summed E-state index contributed by atoms with van der Waals surface area (Å²) in [5, 5.41) is 6.83. The lowest BCUT2D eigenvalue weighted by Crippen LogP contribution is -2.23. The predicted molar refractivity (Wildman–Crippen MR) is 102 cm³/mol. The maximum atomic E-state index is 12.3. The standard InChI is InChI=1S/C21H21N3O2/c1-21(2,3)16-11-9-15(10-12-16)19(25)20(26)22-18-13-14-24(23-18)17-7-5-4-6-8-17/h4-14H,1-3H3,(H,22,23,26). The van der Waals surface area contributed by atoms with E-state index in [-0.39, 0.29) is 5.41 Å². The van der Waals surface area contributed by atoms with Gasteiger partial charge in [0.05, 0.1) is 5.69 Å². The van der Waals surface area contributed by atoms with Gasteiger partial charge in [0, 0.05) is 17.8 Å². The summed E-state index contributed by atoms with van der Waals surface area (Å²) >= 11 is 0. The van der Waals surface area contributed by atoms with Gasteiger partial charge in [-0.2, -0.15) is 5.10 Å². The van der Waals surface area contributed by atoms with Crippen molar-refractivity contribution in [3.8, 4) is 5.69 Å².